The van der Waals surface area contributed by atoms with Crippen LogP contribution in [0, 0.1) is 29.5 Å². The van der Waals surface area contributed by atoms with Crippen molar-refractivity contribution in [2.24, 2.45) is 11.8 Å². The number of pyridine rings is 1. The van der Waals surface area contributed by atoms with Crippen molar-refractivity contribution in [1.82, 2.24) is 9.88 Å². The molecule has 1 N–H and O–H groups in total. The lowest BCUT2D eigenvalue weighted by Crippen LogP contribution is -2.41. The van der Waals surface area contributed by atoms with E-state index >= 15 is 4.39 Å². The lowest BCUT2D eigenvalue weighted by atomic mass is 9.79. The summed E-state index contributed by atoms with van der Waals surface area (Å²) in [7, 11) is 1.57. The number of carbonyl (C=O) groups is 1. The maximum Gasteiger partial charge on any atom is 0.303 e. The third-order valence-corrected chi connectivity index (χ3v) is 6.92. The van der Waals surface area contributed by atoms with Crippen LogP contribution in [-0.4, -0.2) is 47.7 Å². The van der Waals surface area contributed by atoms with Gasteiger partial charge in [-0.2, -0.15) is 0 Å². The zero-order valence-corrected chi connectivity index (χ0v) is 20.3. The minimum absolute atomic E-state index is 0.0360. The predicted molar refractivity (Wildman–Crippen MR) is 135 cm³/mol. The molecule has 7 heteroatoms. The fourth-order valence-corrected chi connectivity index (χ4v) is 5.01. The summed E-state index contributed by atoms with van der Waals surface area (Å²) in [5, 5.41) is 10.2. The van der Waals surface area contributed by atoms with E-state index in [2.05, 4.69) is 21.7 Å². The van der Waals surface area contributed by atoms with Crippen molar-refractivity contribution < 1.29 is 23.4 Å². The SMILES string of the molecule is COc1ccc2nccc([C@@H](F)CC[C@@H]3CCN(CC#Cc4ccccc4F)C[C@@H]3CC(=O)O)c2c1. The fourth-order valence-electron chi connectivity index (χ4n) is 5.01. The molecular weight excluding hydrogens is 462 g/mol. The summed E-state index contributed by atoms with van der Waals surface area (Å²) < 4.78 is 34.5. The molecule has 1 aromatic heterocycles. The number of carboxylic acids is 1. The number of halogens is 2. The van der Waals surface area contributed by atoms with E-state index in [1.165, 1.54) is 6.07 Å². The highest BCUT2D eigenvalue weighted by atomic mass is 19.1. The number of likely N-dealkylation sites (tertiary alicyclic amines) is 1. The van der Waals surface area contributed by atoms with Crippen molar-refractivity contribution in [1.29, 1.82) is 0 Å². The maximum atomic E-state index is 15.4. The number of fused-ring (bicyclic) bond motifs is 1. The number of aliphatic carboxylic acids is 1. The monoisotopic (exact) mass is 492 g/mol. The first-order valence-electron chi connectivity index (χ1n) is 12.2. The zero-order valence-electron chi connectivity index (χ0n) is 20.3. The zero-order chi connectivity index (χ0) is 25.5. The second-order valence-electron chi connectivity index (χ2n) is 9.25. The molecule has 3 atom stereocenters. The Morgan fingerprint density at radius 3 is 2.86 bits per heavy atom. The molecular formula is C29H30F2N2O3. The van der Waals surface area contributed by atoms with Crippen molar-refractivity contribution in [2.75, 3.05) is 26.7 Å². The van der Waals surface area contributed by atoms with Crippen LogP contribution in [0.25, 0.3) is 10.9 Å². The van der Waals surface area contributed by atoms with Crippen LogP contribution in [-0.2, 0) is 4.79 Å². The molecule has 2 heterocycles. The Hall–Kier alpha value is -3.50. The van der Waals surface area contributed by atoms with E-state index in [-0.39, 0.29) is 24.1 Å². The van der Waals surface area contributed by atoms with Gasteiger partial charge in [0.2, 0.25) is 0 Å². The normalized spacial score (nSPS) is 18.9. The highest BCUT2D eigenvalue weighted by Gasteiger charge is 2.31. The van der Waals surface area contributed by atoms with E-state index in [9.17, 15) is 14.3 Å². The molecule has 0 unspecified atom stereocenters. The first kappa shape index (κ1) is 25.6. The average molecular weight is 493 g/mol. The number of nitrogens with zero attached hydrogens (tertiary/aromatic N) is 2. The molecule has 1 aliphatic heterocycles. The van der Waals surface area contributed by atoms with Crippen molar-refractivity contribution in [3.05, 3.63) is 71.7 Å². The minimum Gasteiger partial charge on any atom is -0.497 e. The molecule has 3 aromatic rings. The summed E-state index contributed by atoms with van der Waals surface area (Å²) in [4.78, 5) is 18.0. The standard InChI is InChI=1S/C29H30F2N2O3/c1-36-23-9-11-28-25(18-23)24(12-14-32-28)27(31)10-8-20-13-16-33(19-22(20)17-29(34)35)15-4-6-21-5-2-3-7-26(21)30/h2-3,5,7,9,11-12,14,18,20,22,27H,8,10,13,15-17,19H2,1H3,(H,34,35)/t20-,22+,27+/m1/s1. The number of ether oxygens (including phenoxy) is 1. The van der Waals surface area contributed by atoms with Gasteiger partial charge in [0.1, 0.15) is 17.7 Å². The number of aromatic nitrogens is 1. The van der Waals surface area contributed by atoms with Gasteiger partial charge >= 0.3 is 5.97 Å². The van der Waals surface area contributed by atoms with Crippen molar-refractivity contribution in [3.63, 3.8) is 0 Å². The first-order valence-corrected chi connectivity index (χ1v) is 12.2. The first-order chi connectivity index (χ1) is 17.4. The second-order valence-corrected chi connectivity index (χ2v) is 9.25. The Morgan fingerprint density at radius 2 is 2.08 bits per heavy atom. The Labute approximate surface area is 210 Å². The molecule has 0 spiro atoms. The van der Waals surface area contributed by atoms with Crippen LogP contribution < -0.4 is 4.74 Å². The smallest absolute Gasteiger partial charge is 0.303 e. The second kappa shape index (κ2) is 12.0. The molecule has 1 fully saturated rings. The average Bonchev–Trinajstić information content (AvgIpc) is 2.88. The minimum atomic E-state index is -1.18. The summed E-state index contributed by atoms with van der Waals surface area (Å²) >= 11 is 0. The molecule has 0 aliphatic carbocycles. The maximum absolute atomic E-state index is 15.4. The van der Waals surface area contributed by atoms with E-state index < -0.39 is 12.1 Å². The van der Waals surface area contributed by atoms with Gasteiger partial charge in [-0.05, 0) is 79.6 Å². The van der Waals surface area contributed by atoms with E-state index in [0.717, 1.165) is 18.4 Å². The van der Waals surface area contributed by atoms with Gasteiger partial charge in [0, 0.05) is 24.5 Å². The van der Waals surface area contributed by atoms with Gasteiger partial charge in [-0.3, -0.25) is 14.7 Å². The molecule has 0 saturated carbocycles. The third kappa shape index (κ3) is 6.38. The third-order valence-electron chi connectivity index (χ3n) is 6.92. The predicted octanol–water partition coefficient (Wildman–Crippen LogP) is 5.64. The molecule has 0 bridgehead atoms. The van der Waals surface area contributed by atoms with Crippen LogP contribution in [0.5, 0.6) is 5.75 Å². The molecule has 4 rings (SSSR count). The molecule has 1 aliphatic rings. The van der Waals surface area contributed by atoms with Crippen LogP contribution in [0.3, 0.4) is 0 Å². The van der Waals surface area contributed by atoms with E-state index in [4.69, 9.17) is 4.74 Å². The highest BCUT2D eigenvalue weighted by Crippen LogP contribution is 2.36. The largest absolute Gasteiger partial charge is 0.497 e. The van der Waals surface area contributed by atoms with Gasteiger partial charge in [-0.25, -0.2) is 8.78 Å². The van der Waals surface area contributed by atoms with Gasteiger partial charge < -0.3 is 9.84 Å². The number of piperidine rings is 1. The number of hydrogen-bond donors (Lipinski definition) is 1. The lowest BCUT2D eigenvalue weighted by Gasteiger charge is -2.37. The summed E-state index contributed by atoms with van der Waals surface area (Å²) in [6, 6.07) is 13.5. The van der Waals surface area contributed by atoms with Gasteiger partial charge in [0.25, 0.3) is 0 Å². The van der Waals surface area contributed by atoms with Crippen molar-refractivity contribution >= 4 is 16.9 Å². The van der Waals surface area contributed by atoms with E-state index in [1.54, 1.807) is 49.7 Å². The van der Waals surface area contributed by atoms with Crippen LogP contribution in [0.15, 0.2) is 54.7 Å². The van der Waals surface area contributed by atoms with Gasteiger partial charge in [-0.15, -0.1) is 0 Å². The van der Waals surface area contributed by atoms with Gasteiger partial charge in [0.05, 0.1) is 24.7 Å². The number of carboxylic acid groups (broad SMARTS) is 1. The summed E-state index contributed by atoms with van der Waals surface area (Å²) in [5.74, 6) is 5.33. The Balaban J connectivity index is 1.39. The molecule has 2 aromatic carbocycles. The molecule has 1 saturated heterocycles. The Kier molecular flexibility index (Phi) is 8.50. The summed E-state index contributed by atoms with van der Waals surface area (Å²) in [6.45, 7) is 1.77. The number of hydrogen-bond acceptors (Lipinski definition) is 4. The lowest BCUT2D eigenvalue weighted by molar-refractivity contribution is -0.139. The van der Waals surface area contributed by atoms with Crippen LogP contribution in [0.1, 0.15) is 43.0 Å². The van der Waals surface area contributed by atoms with Crippen molar-refractivity contribution in [2.45, 2.75) is 31.9 Å². The van der Waals surface area contributed by atoms with Gasteiger partial charge in [0.15, 0.2) is 0 Å². The number of benzene rings is 2. The van der Waals surface area contributed by atoms with Crippen LogP contribution in [0.2, 0.25) is 0 Å². The number of alkyl halides is 1. The van der Waals surface area contributed by atoms with Crippen LogP contribution in [0.4, 0.5) is 8.78 Å². The molecule has 0 radical (unpaired) electrons. The van der Waals surface area contributed by atoms with Gasteiger partial charge in [-0.1, -0.05) is 24.0 Å². The molecule has 0 amide bonds. The number of rotatable bonds is 8. The summed E-state index contributed by atoms with van der Waals surface area (Å²) in [5.41, 5.74) is 1.64. The van der Waals surface area contributed by atoms with Crippen molar-refractivity contribution in [3.8, 4) is 17.6 Å². The fraction of sp³-hybridized carbons (Fsp3) is 0.379. The Bertz CT molecular complexity index is 1270. The van der Waals surface area contributed by atoms with E-state index in [0.29, 0.717) is 48.3 Å². The summed E-state index contributed by atoms with van der Waals surface area (Å²) in [6.07, 6.45) is 2.15. The molecule has 5 nitrogen and oxygen atoms in total. The Morgan fingerprint density at radius 1 is 1.25 bits per heavy atom. The molecule has 36 heavy (non-hydrogen) atoms. The number of methoxy groups -OCH3 is 1. The molecule has 188 valence electrons. The van der Waals surface area contributed by atoms with Crippen LogP contribution >= 0.6 is 0 Å². The topological polar surface area (TPSA) is 62.7 Å². The quantitative estimate of drug-likeness (QED) is 0.413. The van der Waals surface area contributed by atoms with E-state index in [1.807, 2.05) is 6.07 Å². The highest BCUT2D eigenvalue weighted by molar-refractivity contribution is 5.83.